The molecule has 1 unspecified atom stereocenters. The lowest BCUT2D eigenvalue weighted by atomic mass is 9.80. The summed E-state index contributed by atoms with van der Waals surface area (Å²) < 4.78 is 0. The van der Waals surface area contributed by atoms with Crippen LogP contribution >= 0.6 is 0 Å². The second-order valence-corrected chi connectivity index (χ2v) is 5.40. The number of carbonyl (C=O) groups excluding carboxylic acids is 1. The van der Waals surface area contributed by atoms with Gasteiger partial charge in [-0.05, 0) is 24.3 Å². The van der Waals surface area contributed by atoms with Crippen molar-refractivity contribution in [3.8, 4) is 0 Å². The van der Waals surface area contributed by atoms with Gasteiger partial charge in [-0.2, -0.15) is 0 Å². The SMILES string of the molecule is CC(O)CNC(=O)CCC(C)(C)c1ccccc1. The molecule has 0 saturated carbocycles. The van der Waals surface area contributed by atoms with E-state index in [1.807, 2.05) is 18.2 Å². The molecule has 1 amide bonds. The van der Waals surface area contributed by atoms with Gasteiger partial charge in [0, 0.05) is 13.0 Å². The zero-order chi connectivity index (χ0) is 13.6. The Kier molecular flexibility index (Phi) is 5.35. The number of aliphatic hydroxyl groups is 1. The smallest absolute Gasteiger partial charge is 0.220 e. The summed E-state index contributed by atoms with van der Waals surface area (Å²) in [7, 11) is 0. The molecule has 1 aromatic rings. The van der Waals surface area contributed by atoms with Crippen molar-refractivity contribution in [2.45, 2.75) is 45.1 Å². The van der Waals surface area contributed by atoms with Crippen LogP contribution in [0.5, 0.6) is 0 Å². The van der Waals surface area contributed by atoms with Gasteiger partial charge in [-0.3, -0.25) is 4.79 Å². The van der Waals surface area contributed by atoms with Crippen LogP contribution in [0.2, 0.25) is 0 Å². The maximum Gasteiger partial charge on any atom is 0.220 e. The maximum absolute atomic E-state index is 11.6. The number of benzene rings is 1. The van der Waals surface area contributed by atoms with Gasteiger partial charge in [-0.15, -0.1) is 0 Å². The first-order valence-electron chi connectivity index (χ1n) is 6.42. The Hall–Kier alpha value is -1.35. The van der Waals surface area contributed by atoms with E-state index in [1.54, 1.807) is 6.92 Å². The molecule has 0 aliphatic rings. The average Bonchev–Trinajstić information content (AvgIpc) is 2.35. The Bertz CT molecular complexity index is 371. The van der Waals surface area contributed by atoms with Gasteiger partial charge in [-0.1, -0.05) is 44.2 Å². The molecule has 0 radical (unpaired) electrons. The normalized spacial score (nSPS) is 13.1. The van der Waals surface area contributed by atoms with Crippen molar-refractivity contribution in [3.05, 3.63) is 35.9 Å². The molecule has 0 aliphatic heterocycles. The summed E-state index contributed by atoms with van der Waals surface area (Å²) in [6.07, 6.45) is 0.785. The third kappa shape index (κ3) is 4.88. The summed E-state index contributed by atoms with van der Waals surface area (Å²) in [4.78, 5) is 11.6. The van der Waals surface area contributed by atoms with E-state index in [4.69, 9.17) is 5.11 Å². The van der Waals surface area contributed by atoms with Crippen molar-refractivity contribution in [2.75, 3.05) is 6.54 Å². The second kappa shape index (κ2) is 6.55. The monoisotopic (exact) mass is 249 g/mol. The van der Waals surface area contributed by atoms with Gasteiger partial charge in [0.25, 0.3) is 0 Å². The van der Waals surface area contributed by atoms with E-state index in [9.17, 15) is 4.79 Å². The van der Waals surface area contributed by atoms with Crippen LogP contribution in [0.3, 0.4) is 0 Å². The number of rotatable bonds is 6. The number of aliphatic hydroxyl groups excluding tert-OH is 1. The van der Waals surface area contributed by atoms with E-state index in [0.29, 0.717) is 13.0 Å². The van der Waals surface area contributed by atoms with E-state index in [-0.39, 0.29) is 11.3 Å². The molecule has 0 spiro atoms. The van der Waals surface area contributed by atoms with Gasteiger partial charge in [0.15, 0.2) is 0 Å². The summed E-state index contributed by atoms with van der Waals surface area (Å²) in [5.41, 5.74) is 1.23. The minimum atomic E-state index is -0.490. The first-order chi connectivity index (χ1) is 8.42. The lowest BCUT2D eigenvalue weighted by molar-refractivity contribution is -0.121. The molecule has 0 aliphatic carbocycles. The summed E-state index contributed by atoms with van der Waals surface area (Å²) in [5.74, 6) is -0.0000869. The first kappa shape index (κ1) is 14.7. The molecule has 2 N–H and O–H groups in total. The molecule has 1 aromatic carbocycles. The molecule has 0 saturated heterocycles. The van der Waals surface area contributed by atoms with Crippen LogP contribution in [0, 0.1) is 0 Å². The number of carbonyl (C=O) groups is 1. The standard InChI is InChI=1S/C15H23NO2/c1-12(17)11-16-14(18)9-10-15(2,3)13-7-5-4-6-8-13/h4-8,12,17H,9-11H2,1-3H3,(H,16,18). The van der Waals surface area contributed by atoms with Gasteiger partial charge in [0.1, 0.15) is 0 Å². The van der Waals surface area contributed by atoms with Gasteiger partial charge < -0.3 is 10.4 Å². The summed E-state index contributed by atoms with van der Waals surface area (Å²) in [6, 6.07) is 10.2. The maximum atomic E-state index is 11.6. The van der Waals surface area contributed by atoms with Crippen molar-refractivity contribution in [3.63, 3.8) is 0 Å². The zero-order valence-electron chi connectivity index (χ0n) is 11.4. The highest BCUT2D eigenvalue weighted by molar-refractivity contribution is 5.76. The zero-order valence-corrected chi connectivity index (χ0v) is 11.4. The molecule has 0 fully saturated rings. The number of hydrogen-bond donors (Lipinski definition) is 2. The van der Waals surface area contributed by atoms with Crippen LogP contribution in [-0.2, 0) is 10.2 Å². The molecular weight excluding hydrogens is 226 g/mol. The summed E-state index contributed by atoms with van der Waals surface area (Å²) >= 11 is 0. The summed E-state index contributed by atoms with van der Waals surface area (Å²) in [5, 5.41) is 11.8. The lowest BCUT2D eigenvalue weighted by Crippen LogP contribution is -2.31. The Morgan fingerprint density at radius 1 is 1.33 bits per heavy atom. The molecule has 18 heavy (non-hydrogen) atoms. The predicted octanol–water partition coefficient (Wildman–Crippen LogP) is 2.24. The van der Waals surface area contributed by atoms with E-state index < -0.39 is 6.10 Å². The van der Waals surface area contributed by atoms with Crippen LogP contribution in [0.1, 0.15) is 39.2 Å². The topological polar surface area (TPSA) is 49.3 Å². The fraction of sp³-hybridized carbons (Fsp3) is 0.533. The Balaban J connectivity index is 2.45. The lowest BCUT2D eigenvalue weighted by Gasteiger charge is -2.25. The van der Waals surface area contributed by atoms with Gasteiger partial charge >= 0.3 is 0 Å². The first-order valence-corrected chi connectivity index (χ1v) is 6.42. The fourth-order valence-electron chi connectivity index (χ4n) is 1.81. The minimum absolute atomic E-state index is 0.0000869. The van der Waals surface area contributed by atoms with Crippen molar-refractivity contribution >= 4 is 5.91 Å². The largest absolute Gasteiger partial charge is 0.392 e. The van der Waals surface area contributed by atoms with E-state index >= 15 is 0 Å². The third-order valence-electron chi connectivity index (χ3n) is 3.13. The van der Waals surface area contributed by atoms with Crippen molar-refractivity contribution in [1.82, 2.24) is 5.32 Å². The molecule has 100 valence electrons. The highest BCUT2D eigenvalue weighted by atomic mass is 16.3. The van der Waals surface area contributed by atoms with Crippen LogP contribution in [0.25, 0.3) is 0 Å². The van der Waals surface area contributed by atoms with Crippen LogP contribution in [0.4, 0.5) is 0 Å². The Labute approximate surface area is 109 Å². The van der Waals surface area contributed by atoms with Gasteiger partial charge in [-0.25, -0.2) is 0 Å². The average molecular weight is 249 g/mol. The molecule has 3 nitrogen and oxygen atoms in total. The fourth-order valence-corrected chi connectivity index (χ4v) is 1.81. The van der Waals surface area contributed by atoms with Gasteiger partial charge in [0.2, 0.25) is 5.91 Å². The van der Waals surface area contributed by atoms with Crippen LogP contribution in [0.15, 0.2) is 30.3 Å². The van der Waals surface area contributed by atoms with Crippen LogP contribution in [-0.4, -0.2) is 23.7 Å². The van der Waals surface area contributed by atoms with Crippen molar-refractivity contribution < 1.29 is 9.90 Å². The van der Waals surface area contributed by atoms with Crippen molar-refractivity contribution in [1.29, 1.82) is 0 Å². The number of hydrogen-bond acceptors (Lipinski definition) is 2. The molecule has 1 rings (SSSR count). The van der Waals surface area contributed by atoms with Crippen molar-refractivity contribution in [2.24, 2.45) is 0 Å². The highest BCUT2D eigenvalue weighted by Crippen LogP contribution is 2.27. The van der Waals surface area contributed by atoms with E-state index in [0.717, 1.165) is 6.42 Å². The molecule has 0 heterocycles. The molecule has 3 heteroatoms. The number of amides is 1. The summed E-state index contributed by atoms with van der Waals surface area (Å²) in [6.45, 7) is 6.27. The van der Waals surface area contributed by atoms with Crippen LogP contribution < -0.4 is 5.32 Å². The molecule has 0 aromatic heterocycles. The predicted molar refractivity (Wildman–Crippen MR) is 73.4 cm³/mol. The minimum Gasteiger partial charge on any atom is -0.392 e. The Morgan fingerprint density at radius 2 is 1.94 bits per heavy atom. The highest BCUT2D eigenvalue weighted by Gasteiger charge is 2.21. The quantitative estimate of drug-likeness (QED) is 0.812. The third-order valence-corrected chi connectivity index (χ3v) is 3.13. The number of nitrogens with one attached hydrogen (secondary N) is 1. The van der Waals surface area contributed by atoms with E-state index in [2.05, 4.69) is 31.3 Å². The molecule has 1 atom stereocenters. The van der Waals surface area contributed by atoms with Gasteiger partial charge in [0.05, 0.1) is 6.10 Å². The second-order valence-electron chi connectivity index (χ2n) is 5.40. The molecular formula is C15H23NO2. The van der Waals surface area contributed by atoms with E-state index in [1.165, 1.54) is 5.56 Å². The molecule has 0 bridgehead atoms. The Morgan fingerprint density at radius 3 is 2.50 bits per heavy atom.